The highest BCUT2D eigenvalue weighted by Crippen LogP contribution is 2.27. The predicted octanol–water partition coefficient (Wildman–Crippen LogP) is 6.10. The molecule has 1 atom stereocenters. The van der Waals surface area contributed by atoms with Gasteiger partial charge in [-0.3, -0.25) is 0 Å². The summed E-state index contributed by atoms with van der Waals surface area (Å²) in [5.41, 5.74) is 6.85. The molecule has 4 aromatic rings. The largest absolute Gasteiger partial charge is 0.331 e. The normalized spacial score (nSPS) is 15.3. The Kier molecular flexibility index (Phi) is 4.93. The summed E-state index contributed by atoms with van der Waals surface area (Å²) >= 11 is 0. The maximum atomic E-state index is 4.90. The van der Waals surface area contributed by atoms with Gasteiger partial charge in [-0.1, -0.05) is 97.1 Å². The molecular formula is C27H21N3. The third-order valence-corrected chi connectivity index (χ3v) is 5.20. The van der Waals surface area contributed by atoms with Crippen molar-refractivity contribution in [3.05, 3.63) is 120 Å². The van der Waals surface area contributed by atoms with Crippen molar-refractivity contribution in [1.29, 1.82) is 0 Å². The van der Waals surface area contributed by atoms with Gasteiger partial charge in [-0.15, -0.1) is 0 Å². The Morgan fingerprint density at radius 3 is 1.80 bits per heavy atom. The average molecular weight is 387 g/mol. The number of amidine groups is 1. The van der Waals surface area contributed by atoms with E-state index in [1.807, 2.05) is 12.1 Å². The van der Waals surface area contributed by atoms with E-state index in [1.54, 1.807) is 6.34 Å². The molecule has 4 aromatic carbocycles. The molecule has 5 rings (SSSR count). The predicted molar refractivity (Wildman–Crippen MR) is 125 cm³/mol. The van der Waals surface area contributed by atoms with Crippen molar-refractivity contribution in [3.63, 3.8) is 0 Å². The van der Waals surface area contributed by atoms with Crippen LogP contribution in [-0.4, -0.2) is 12.2 Å². The molecule has 0 saturated heterocycles. The molecule has 0 amide bonds. The van der Waals surface area contributed by atoms with Gasteiger partial charge in [-0.25, -0.2) is 9.98 Å². The van der Waals surface area contributed by atoms with Gasteiger partial charge in [-0.05, 0) is 39.9 Å². The molecule has 0 aromatic heterocycles. The van der Waals surface area contributed by atoms with E-state index in [1.165, 1.54) is 22.3 Å². The lowest BCUT2D eigenvalue weighted by molar-refractivity contribution is 0.763. The van der Waals surface area contributed by atoms with E-state index in [9.17, 15) is 0 Å². The fourth-order valence-corrected chi connectivity index (χ4v) is 3.67. The molecule has 144 valence electrons. The summed E-state index contributed by atoms with van der Waals surface area (Å²) < 4.78 is 0. The van der Waals surface area contributed by atoms with E-state index < -0.39 is 0 Å². The van der Waals surface area contributed by atoms with E-state index in [-0.39, 0.29) is 6.17 Å². The minimum Gasteiger partial charge on any atom is -0.331 e. The molecular weight excluding hydrogens is 366 g/mol. The van der Waals surface area contributed by atoms with Crippen LogP contribution in [0.4, 0.5) is 0 Å². The Hall–Kier alpha value is -3.98. The molecule has 1 aliphatic heterocycles. The molecule has 0 fully saturated rings. The Balaban J connectivity index is 1.46. The van der Waals surface area contributed by atoms with Crippen LogP contribution in [0, 0.1) is 0 Å². The molecule has 0 spiro atoms. The third-order valence-electron chi connectivity index (χ3n) is 5.20. The zero-order valence-electron chi connectivity index (χ0n) is 16.4. The zero-order valence-corrected chi connectivity index (χ0v) is 16.4. The van der Waals surface area contributed by atoms with Gasteiger partial charge in [0.05, 0.1) is 6.34 Å². The minimum atomic E-state index is -0.259. The summed E-state index contributed by atoms with van der Waals surface area (Å²) in [5, 5.41) is 3.22. The molecule has 0 bridgehead atoms. The molecule has 0 saturated carbocycles. The minimum absolute atomic E-state index is 0.259. The summed E-state index contributed by atoms with van der Waals surface area (Å²) in [6.45, 7) is 0. The summed E-state index contributed by atoms with van der Waals surface area (Å²) in [5.74, 6) is 0.831. The molecule has 1 heterocycles. The topological polar surface area (TPSA) is 36.8 Å². The van der Waals surface area contributed by atoms with Crippen LogP contribution in [0.5, 0.6) is 0 Å². The quantitative estimate of drug-likeness (QED) is 0.451. The highest BCUT2D eigenvalue weighted by Gasteiger charge is 2.15. The number of hydrogen-bond acceptors (Lipinski definition) is 3. The highest BCUT2D eigenvalue weighted by atomic mass is 15.2. The van der Waals surface area contributed by atoms with Crippen LogP contribution < -0.4 is 5.32 Å². The Morgan fingerprint density at radius 2 is 1.10 bits per heavy atom. The van der Waals surface area contributed by atoms with Gasteiger partial charge in [-0.2, -0.15) is 0 Å². The SMILES string of the molecule is C1=NC(c2cccc(-c3ccccc3)c2)N=C(c2cccc(-c3ccccc3)c2)N1. The fourth-order valence-electron chi connectivity index (χ4n) is 3.67. The van der Waals surface area contributed by atoms with Crippen molar-refractivity contribution in [1.82, 2.24) is 5.32 Å². The van der Waals surface area contributed by atoms with Crippen LogP contribution in [0.25, 0.3) is 22.3 Å². The standard InChI is InChI=1S/C27H21N3/c1-3-9-20(10-4-1)22-13-7-15-24(17-22)26-28-19-29-27(30-26)25-16-8-14-23(18-25)21-11-5-2-6-12-21/h1-19,26H,(H,28,29,30). The van der Waals surface area contributed by atoms with E-state index >= 15 is 0 Å². The van der Waals surface area contributed by atoms with E-state index in [4.69, 9.17) is 4.99 Å². The molecule has 3 nitrogen and oxygen atoms in total. The summed E-state index contributed by atoms with van der Waals surface area (Å²) in [6.07, 6.45) is 1.49. The summed E-state index contributed by atoms with van der Waals surface area (Å²) in [7, 11) is 0. The molecule has 1 N–H and O–H groups in total. The molecule has 30 heavy (non-hydrogen) atoms. The number of benzene rings is 4. The van der Waals surface area contributed by atoms with Gasteiger partial charge in [0, 0.05) is 5.56 Å². The number of nitrogens with zero attached hydrogens (tertiary/aromatic N) is 2. The van der Waals surface area contributed by atoms with Crippen molar-refractivity contribution in [3.8, 4) is 22.3 Å². The van der Waals surface area contributed by atoms with E-state index in [0.29, 0.717) is 0 Å². The smallest absolute Gasteiger partial charge is 0.169 e. The number of nitrogens with one attached hydrogen (secondary N) is 1. The second-order valence-corrected chi connectivity index (χ2v) is 7.21. The zero-order chi connectivity index (χ0) is 20.2. The molecule has 0 radical (unpaired) electrons. The maximum absolute atomic E-state index is 4.90. The van der Waals surface area contributed by atoms with E-state index in [0.717, 1.165) is 17.0 Å². The molecule has 3 heteroatoms. The van der Waals surface area contributed by atoms with Gasteiger partial charge >= 0.3 is 0 Å². The fraction of sp³-hybridized carbons (Fsp3) is 0.0370. The first-order valence-corrected chi connectivity index (χ1v) is 10.0. The van der Waals surface area contributed by atoms with Crippen LogP contribution in [0.1, 0.15) is 17.3 Å². The first-order chi connectivity index (χ1) is 14.9. The molecule has 0 aliphatic carbocycles. The number of hydrogen-bond donors (Lipinski definition) is 1. The summed E-state index contributed by atoms with van der Waals surface area (Å²) in [4.78, 5) is 9.47. The number of rotatable bonds is 4. The van der Waals surface area contributed by atoms with Gasteiger partial charge in [0.15, 0.2) is 6.17 Å². The van der Waals surface area contributed by atoms with Crippen molar-refractivity contribution in [2.45, 2.75) is 6.17 Å². The second-order valence-electron chi connectivity index (χ2n) is 7.21. The Bertz CT molecular complexity index is 1210. The Labute approximate surface area is 176 Å². The maximum Gasteiger partial charge on any atom is 0.169 e. The third kappa shape index (κ3) is 3.78. The van der Waals surface area contributed by atoms with Crippen LogP contribution in [0.2, 0.25) is 0 Å². The first-order valence-electron chi connectivity index (χ1n) is 10.0. The monoisotopic (exact) mass is 387 g/mol. The molecule has 1 unspecified atom stereocenters. The van der Waals surface area contributed by atoms with Crippen LogP contribution in [-0.2, 0) is 0 Å². The lowest BCUT2D eigenvalue weighted by Crippen LogP contribution is -2.27. The van der Waals surface area contributed by atoms with Crippen molar-refractivity contribution in [2.24, 2.45) is 9.98 Å². The van der Waals surface area contributed by atoms with Gasteiger partial charge < -0.3 is 5.32 Å². The highest BCUT2D eigenvalue weighted by molar-refractivity contribution is 6.06. The van der Waals surface area contributed by atoms with Crippen molar-refractivity contribution in [2.75, 3.05) is 0 Å². The lowest BCUT2D eigenvalue weighted by atomic mass is 10.0. The van der Waals surface area contributed by atoms with Crippen LogP contribution >= 0.6 is 0 Å². The van der Waals surface area contributed by atoms with Crippen LogP contribution in [0.3, 0.4) is 0 Å². The average Bonchev–Trinajstić information content (AvgIpc) is 2.85. The van der Waals surface area contributed by atoms with Crippen molar-refractivity contribution >= 4 is 12.2 Å². The first kappa shape index (κ1) is 18.1. The van der Waals surface area contributed by atoms with Gasteiger partial charge in [0.2, 0.25) is 0 Å². The molecule has 1 aliphatic rings. The van der Waals surface area contributed by atoms with Crippen molar-refractivity contribution < 1.29 is 0 Å². The number of aliphatic imine (C=N–C) groups is 2. The Morgan fingerprint density at radius 1 is 0.533 bits per heavy atom. The lowest BCUT2D eigenvalue weighted by Gasteiger charge is -2.18. The summed E-state index contributed by atoms with van der Waals surface area (Å²) in [6, 6.07) is 37.6. The van der Waals surface area contributed by atoms with Crippen LogP contribution in [0.15, 0.2) is 119 Å². The van der Waals surface area contributed by atoms with Gasteiger partial charge in [0.25, 0.3) is 0 Å². The van der Waals surface area contributed by atoms with E-state index in [2.05, 4.69) is 107 Å². The second kappa shape index (κ2) is 8.18. The van der Waals surface area contributed by atoms with Gasteiger partial charge in [0.1, 0.15) is 5.84 Å².